The van der Waals surface area contributed by atoms with Crippen LogP contribution in [0.3, 0.4) is 0 Å². The van der Waals surface area contributed by atoms with Crippen LogP contribution in [0.4, 0.5) is 27.6 Å². The second-order valence-electron chi connectivity index (χ2n) is 11.8. The standard InChI is InChI=1S/C36H32F5N5O5/c1-43(33(47)24-5-11-28(12-6-24)51-36(39,40)41)26-8-14-32(42-21-26)49-29-13-7-25-19-31(44(2)30(25)20-29)34(48)46-17-15-45(16-18-46)22-23-3-9-27(10-4-23)50-35(37)38/h3-14,19-21,35H,15-18,22H2,1-2H3. The fraction of sp³-hybridized carbons (Fsp3) is 0.250. The van der Waals surface area contributed by atoms with Gasteiger partial charge < -0.3 is 28.6 Å². The number of pyridine rings is 1. The van der Waals surface area contributed by atoms with Crippen LogP contribution in [0.2, 0.25) is 0 Å². The number of aryl methyl sites for hydroxylation is 1. The van der Waals surface area contributed by atoms with Gasteiger partial charge in [-0.25, -0.2) is 4.98 Å². The molecule has 266 valence electrons. The van der Waals surface area contributed by atoms with Crippen molar-refractivity contribution in [1.29, 1.82) is 0 Å². The number of alkyl halides is 5. The molecule has 2 aromatic heterocycles. The number of amides is 2. The molecule has 0 aliphatic carbocycles. The lowest BCUT2D eigenvalue weighted by atomic mass is 10.2. The highest BCUT2D eigenvalue weighted by Crippen LogP contribution is 2.29. The third-order valence-electron chi connectivity index (χ3n) is 8.42. The first-order chi connectivity index (χ1) is 24.3. The summed E-state index contributed by atoms with van der Waals surface area (Å²) in [5.74, 6) is -0.131. The van der Waals surface area contributed by atoms with Gasteiger partial charge in [0.15, 0.2) is 0 Å². The van der Waals surface area contributed by atoms with Crippen molar-refractivity contribution in [3.05, 3.63) is 108 Å². The highest BCUT2D eigenvalue weighted by Gasteiger charge is 2.31. The summed E-state index contributed by atoms with van der Waals surface area (Å²) in [5.41, 5.74) is 2.86. The summed E-state index contributed by atoms with van der Waals surface area (Å²) in [6.07, 6.45) is -3.39. The largest absolute Gasteiger partial charge is 0.573 e. The molecular formula is C36H32F5N5O5. The Labute approximate surface area is 289 Å². The summed E-state index contributed by atoms with van der Waals surface area (Å²) in [7, 11) is 3.33. The van der Waals surface area contributed by atoms with Gasteiger partial charge in [0, 0.05) is 69.9 Å². The van der Waals surface area contributed by atoms with Crippen LogP contribution in [0.5, 0.6) is 23.1 Å². The fourth-order valence-electron chi connectivity index (χ4n) is 5.75. The number of aromatic nitrogens is 2. The molecule has 1 aliphatic rings. The first-order valence-electron chi connectivity index (χ1n) is 15.8. The highest BCUT2D eigenvalue weighted by atomic mass is 19.4. The Hall–Kier alpha value is -5.70. The SMILES string of the molecule is CN(C(=O)c1ccc(OC(F)(F)F)cc1)c1ccc(Oc2ccc3cc(C(=O)N4CCN(Cc5ccc(OC(F)F)cc5)CC4)n(C)c3c2)nc1. The van der Waals surface area contributed by atoms with Crippen LogP contribution in [0.15, 0.2) is 91.1 Å². The number of carbonyl (C=O) groups excluding carboxylic acids is 2. The molecule has 10 nitrogen and oxygen atoms in total. The van der Waals surface area contributed by atoms with Gasteiger partial charge in [-0.15, -0.1) is 13.2 Å². The molecule has 0 unspecified atom stereocenters. The first kappa shape index (κ1) is 35.1. The van der Waals surface area contributed by atoms with Crippen molar-refractivity contribution in [2.45, 2.75) is 19.5 Å². The molecule has 0 atom stereocenters. The number of hydrogen-bond acceptors (Lipinski definition) is 7. The van der Waals surface area contributed by atoms with Crippen molar-refractivity contribution in [2.75, 3.05) is 38.1 Å². The molecule has 2 amide bonds. The lowest BCUT2D eigenvalue weighted by Gasteiger charge is -2.34. The van der Waals surface area contributed by atoms with Crippen LogP contribution < -0.4 is 19.1 Å². The van der Waals surface area contributed by atoms with Crippen LogP contribution in [0.1, 0.15) is 26.4 Å². The smallest absolute Gasteiger partial charge is 0.439 e. The number of anilines is 1. The number of ether oxygens (including phenoxy) is 3. The zero-order chi connectivity index (χ0) is 36.3. The van der Waals surface area contributed by atoms with E-state index in [4.69, 9.17) is 4.74 Å². The van der Waals surface area contributed by atoms with E-state index >= 15 is 0 Å². The third-order valence-corrected chi connectivity index (χ3v) is 8.42. The van der Waals surface area contributed by atoms with Gasteiger partial charge in [-0.1, -0.05) is 12.1 Å². The predicted molar refractivity (Wildman–Crippen MR) is 177 cm³/mol. The molecule has 3 heterocycles. The molecule has 15 heteroatoms. The summed E-state index contributed by atoms with van der Waals surface area (Å²) in [5, 5.41) is 0.854. The molecule has 3 aromatic carbocycles. The molecule has 0 bridgehead atoms. The maximum atomic E-state index is 13.5. The van der Waals surface area contributed by atoms with E-state index in [1.807, 2.05) is 28.6 Å². The average molecular weight is 710 g/mol. The van der Waals surface area contributed by atoms with Crippen molar-refractivity contribution in [3.8, 4) is 23.1 Å². The minimum Gasteiger partial charge on any atom is -0.439 e. The van der Waals surface area contributed by atoms with Gasteiger partial charge in [0.25, 0.3) is 11.8 Å². The highest BCUT2D eigenvalue weighted by molar-refractivity contribution is 6.05. The van der Waals surface area contributed by atoms with Crippen LogP contribution in [0, 0.1) is 0 Å². The molecule has 51 heavy (non-hydrogen) atoms. The number of nitrogens with zero attached hydrogens (tertiary/aromatic N) is 5. The fourth-order valence-corrected chi connectivity index (χ4v) is 5.75. The van der Waals surface area contributed by atoms with Crippen LogP contribution in [-0.4, -0.2) is 77.4 Å². The molecule has 1 aliphatic heterocycles. The Bertz CT molecular complexity index is 1990. The number of rotatable bonds is 10. The van der Waals surface area contributed by atoms with E-state index in [-0.39, 0.29) is 23.1 Å². The second kappa shape index (κ2) is 14.6. The molecule has 0 spiro atoms. The van der Waals surface area contributed by atoms with Crippen molar-refractivity contribution in [2.24, 2.45) is 7.05 Å². The third kappa shape index (κ3) is 8.55. The topological polar surface area (TPSA) is 89.4 Å². The van der Waals surface area contributed by atoms with Gasteiger partial charge in [-0.2, -0.15) is 8.78 Å². The van der Waals surface area contributed by atoms with Gasteiger partial charge in [0.05, 0.1) is 17.4 Å². The number of hydrogen-bond donors (Lipinski definition) is 0. The minimum atomic E-state index is -4.83. The number of halogens is 5. The van der Waals surface area contributed by atoms with Gasteiger partial charge in [0.1, 0.15) is 22.9 Å². The van der Waals surface area contributed by atoms with E-state index in [1.165, 1.54) is 42.4 Å². The zero-order valence-corrected chi connectivity index (χ0v) is 27.4. The van der Waals surface area contributed by atoms with E-state index < -0.39 is 24.6 Å². The maximum Gasteiger partial charge on any atom is 0.573 e. The molecule has 0 N–H and O–H groups in total. The predicted octanol–water partition coefficient (Wildman–Crippen LogP) is 7.10. The summed E-state index contributed by atoms with van der Waals surface area (Å²) in [6.45, 7) is 0.147. The molecule has 1 fully saturated rings. The zero-order valence-electron chi connectivity index (χ0n) is 27.4. The second-order valence-corrected chi connectivity index (χ2v) is 11.8. The molecule has 0 saturated carbocycles. The van der Waals surface area contributed by atoms with E-state index in [2.05, 4.69) is 19.4 Å². The minimum absolute atomic E-state index is 0.0918. The van der Waals surface area contributed by atoms with Crippen molar-refractivity contribution in [3.63, 3.8) is 0 Å². The van der Waals surface area contributed by atoms with E-state index in [9.17, 15) is 31.5 Å². The van der Waals surface area contributed by atoms with E-state index in [1.54, 1.807) is 36.4 Å². The van der Waals surface area contributed by atoms with Crippen molar-refractivity contribution in [1.82, 2.24) is 19.4 Å². The lowest BCUT2D eigenvalue weighted by Crippen LogP contribution is -2.48. The number of piperazine rings is 1. The Morgan fingerprint density at radius 3 is 2.16 bits per heavy atom. The maximum absolute atomic E-state index is 13.5. The van der Waals surface area contributed by atoms with E-state index in [0.717, 1.165) is 28.6 Å². The molecule has 6 rings (SSSR count). The van der Waals surface area contributed by atoms with Gasteiger partial charge in [-0.3, -0.25) is 14.5 Å². The van der Waals surface area contributed by atoms with Crippen molar-refractivity contribution >= 4 is 28.4 Å². The van der Waals surface area contributed by atoms with Gasteiger partial charge in [0.2, 0.25) is 5.88 Å². The van der Waals surface area contributed by atoms with Crippen LogP contribution in [-0.2, 0) is 13.6 Å². The Kier molecular flexibility index (Phi) is 10.1. The Morgan fingerprint density at radius 2 is 1.53 bits per heavy atom. The Morgan fingerprint density at radius 1 is 0.863 bits per heavy atom. The molecule has 5 aromatic rings. The number of fused-ring (bicyclic) bond motifs is 1. The summed E-state index contributed by atoms with van der Waals surface area (Å²) < 4.78 is 78.2. The molecule has 1 saturated heterocycles. The molecular weight excluding hydrogens is 677 g/mol. The van der Waals surface area contributed by atoms with Gasteiger partial charge >= 0.3 is 13.0 Å². The lowest BCUT2D eigenvalue weighted by molar-refractivity contribution is -0.274. The molecule has 0 radical (unpaired) electrons. The van der Waals surface area contributed by atoms with Gasteiger partial charge in [-0.05, 0) is 66.2 Å². The normalized spacial score (nSPS) is 13.8. The summed E-state index contributed by atoms with van der Waals surface area (Å²) in [6, 6.07) is 21.6. The Balaban J connectivity index is 1.05. The van der Waals surface area contributed by atoms with Crippen LogP contribution in [0.25, 0.3) is 10.9 Å². The number of carbonyl (C=O) groups is 2. The van der Waals surface area contributed by atoms with Crippen molar-refractivity contribution < 1.29 is 45.8 Å². The van der Waals surface area contributed by atoms with Crippen LogP contribution >= 0.6 is 0 Å². The first-order valence-corrected chi connectivity index (χ1v) is 15.8. The monoisotopic (exact) mass is 709 g/mol. The summed E-state index contributed by atoms with van der Waals surface area (Å²) in [4.78, 5) is 36.1. The summed E-state index contributed by atoms with van der Waals surface area (Å²) >= 11 is 0. The quantitative estimate of drug-likeness (QED) is 0.143. The number of benzene rings is 3. The average Bonchev–Trinajstić information content (AvgIpc) is 3.43. The van der Waals surface area contributed by atoms with E-state index in [0.29, 0.717) is 49.9 Å².